The highest BCUT2D eigenvalue weighted by molar-refractivity contribution is 8.14. The van der Waals surface area contributed by atoms with Crippen molar-refractivity contribution < 1.29 is 23.9 Å². The van der Waals surface area contributed by atoms with Crippen molar-refractivity contribution in [3.05, 3.63) is 35.4 Å². The number of hydrogen-bond acceptors (Lipinski definition) is 7. The Labute approximate surface area is 156 Å². The number of benzene rings is 1. The van der Waals surface area contributed by atoms with Crippen molar-refractivity contribution in [2.75, 3.05) is 18.1 Å². The minimum atomic E-state index is -0.358. The smallest absolute Gasteiger partial charge is 0.338 e. The van der Waals surface area contributed by atoms with Crippen LogP contribution in [0.3, 0.4) is 0 Å². The van der Waals surface area contributed by atoms with Crippen LogP contribution >= 0.6 is 23.5 Å². The van der Waals surface area contributed by atoms with Gasteiger partial charge in [-0.25, -0.2) is 4.79 Å². The SMILES string of the molecule is CCOC(=O)c1ccc(COC(=O)[C@@H]2CS[C@@H](CSC(C)=O)C2)cc1. The van der Waals surface area contributed by atoms with Crippen molar-refractivity contribution in [3.63, 3.8) is 0 Å². The van der Waals surface area contributed by atoms with E-state index in [2.05, 4.69) is 0 Å². The number of esters is 2. The molecule has 0 aliphatic carbocycles. The predicted molar refractivity (Wildman–Crippen MR) is 99.7 cm³/mol. The fourth-order valence-corrected chi connectivity index (χ4v) is 4.71. The molecule has 0 aromatic heterocycles. The largest absolute Gasteiger partial charge is 0.462 e. The van der Waals surface area contributed by atoms with Crippen LogP contribution in [-0.2, 0) is 25.7 Å². The summed E-state index contributed by atoms with van der Waals surface area (Å²) in [5, 5.41) is 0.438. The van der Waals surface area contributed by atoms with Gasteiger partial charge in [-0.2, -0.15) is 11.8 Å². The van der Waals surface area contributed by atoms with Crippen molar-refractivity contribution in [1.29, 1.82) is 0 Å². The third kappa shape index (κ3) is 6.40. The van der Waals surface area contributed by atoms with E-state index < -0.39 is 0 Å². The normalized spacial score (nSPS) is 19.4. The number of carbonyl (C=O) groups excluding carboxylic acids is 3. The standard InChI is InChI=1S/C18H22O5S2/c1-3-22-17(20)14-6-4-13(5-7-14)9-23-18(21)15-8-16(25-10-15)11-24-12(2)19/h4-7,15-16H,3,8-11H2,1-2H3/t15-,16+/m0/s1. The Morgan fingerprint density at radius 3 is 2.56 bits per heavy atom. The Balaban J connectivity index is 1.76. The molecule has 1 aliphatic heterocycles. The van der Waals surface area contributed by atoms with Gasteiger partial charge in [-0.05, 0) is 31.0 Å². The molecule has 136 valence electrons. The lowest BCUT2D eigenvalue weighted by Crippen LogP contribution is -2.18. The number of thioether (sulfide) groups is 2. The van der Waals surface area contributed by atoms with Crippen molar-refractivity contribution >= 4 is 40.6 Å². The van der Waals surface area contributed by atoms with Gasteiger partial charge < -0.3 is 9.47 Å². The number of hydrogen-bond donors (Lipinski definition) is 0. The maximum absolute atomic E-state index is 12.2. The minimum absolute atomic E-state index is 0.109. The number of rotatable bonds is 7. The summed E-state index contributed by atoms with van der Waals surface area (Å²) in [5.74, 6) is 0.824. The van der Waals surface area contributed by atoms with Gasteiger partial charge in [0, 0.05) is 23.7 Å². The quantitative estimate of drug-likeness (QED) is 0.670. The van der Waals surface area contributed by atoms with Crippen LogP contribution in [0.15, 0.2) is 24.3 Å². The first-order valence-corrected chi connectivity index (χ1v) is 10.2. The van der Waals surface area contributed by atoms with E-state index in [1.807, 2.05) is 0 Å². The third-order valence-corrected chi connectivity index (χ3v) is 6.34. The molecule has 1 heterocycles. The molecule has 0 N–H and O–H groups in total. The third-order valence-electron chi connectivity index (χ3n) is 3.73. The minimum Gasteiger partial charge on any atom is -0.462 e. The monoisotopic (exact) mass is 382 g/mol. The molecular weight excluding hydrogens is 360 g/mol. The van der Waals surface area contributed by atoms with E-state index in [-0.39, 0.29) is 29.6 Å². The molecule has 1 aromatic carbocycles. The second-order valence-corrected chi connectivity index (χ2v) is 8.25. The second-order valence-electron chi connectivity index (χ2n) is 5.72. The van der Waals surface area contributed by atoms with E-state index in [0.29, 0.717) is 17.4 Å². The van der Waals surface area contributed by atoms with Gasteiger partial charge in [0.25, 0.3) is 0 Å². The fraction of sp³-hybridized carbons (Fsp3) is 0.500. The summed E-state index contributed by atoms with van der Waals surface area (Å²) in [6.45, 7) is 3.85. The molecular formula is C18H22O5S2. The Bertz CT molecular complexity index is 614. The lowest BCUT2D eigenvalue weighted by molar-refractivity contribution is -0.149. The summed E-state index contributed by atoms with van der Waals surface area (Å²) in [7, 11) is 0. The van der Waals surface area contributed by atoms with Crippen LogP contribution < -0.4 is 0 Å². The summed E-state index contributed by atoms with van der Waals surface area (Å²) >= 11 is 3.04. The first-order chi connectivity index (χ1) is 12.0. The highest BCUT2D eigenvalue weighted by atomic mass is 32.2. The zero-order valence-electron chi connectivity index (χ0n) is 14.4. The summed E-state index contributed by atoms with van der Waals surface area (Å²) in [4.78, 5) is 34.8. The lowest BCUT2D eigenvalue weighted by atomic mass is 10.1. The van der Waals surface area contributed by atoms with Gasteiger partial charge in [0.05, 0.1) is 18.1 Å². The van der Waals surface area contributed by atoms with E-state index in [4.69, 9.17) is 9.47 Å². The Hall–Kier alpha value is -1.47. The number of ether oxygens (including phenoxy) is 2. The summed E-state index contributed by atoms with van der Waals surface area (Å²) in [6.07, 6.45) is 0.756. The molecule has 2 rings (SSSR count). The van der Waals surface area contributed by atoms with E-state index in [0.717, 1.165) is 23.5 Å². The van der Waals surface area contributed by atoms with Crippen LogP contribution in [0.5, 0.6) is 0 Å². The first kappa shape index (κ1) is 19.8. The molecule has 7 heteroatoms. The predicted octanol–water partition coefficient (Wildman–Crippen LogP) is 3.31. The highest BCUT2D eigenvalue weighted by Gasteiger charge is 2.31. The Morgan fingerprint density at radius 2 is 1.92 bits per heavy atom. The van der Waals surface area contributed by atoms with Crippen molar-refractivity contribution in [3.8, 4) is 0 Å². The van der Waals surface area contributed by atoms with E-state index >= 15 is 0 Å². The van der Waals surface area contributed by atoms with Gasteiger partial charge >= 0.3 is 11.9 Å². The van der Waals surface area contributed by atoms with Crippen LogP contribution in [0.25, 0.3) is 0 Å². The van der Waals surface area contributed by atoms with Crippen LogP contribution in [0.4, 0.5) is 0 Å². The topological polar surface area (TPSA) is 69.7 Å². The lowest BCUT2D eigenvalue weighted by Gasteiger charge is -2.10. The van der Waals surface area contributed by atoms with Gasteiger partial charge in [0.1, 0.15) is 6.61 Å². The molecule has 0 unspecified atom stereocenters. The van der Waals surface area contributed by atoms with Gasteiger partial charge in [0.15, 0.2) is 5.12 Å². The molecule has 0 bridgehead atoms. The zero-order chi connectivity index (χ0) is 18.2. The molecule has 1 aromatic rings. The summed E-state index contributed by atoms with van der Waals surface area (Å²) < 4.78 is 10.3. The molecule has 2 atom stereocenters. The average Bonchev–Trinajstić information content (AvgIpc) is 3.07. The van der Waals surface area contributed by atoms with E-state index in [1.54, 1.807) is 49.9 Å². The van der Waals surface area contributed by atoms with Gasteiger partial charge in [-0.3, -0.25) is 9.59 Å². The molecule has 5 nitrogen and oxygen atoms in total. The molecule has 0 amide bonds. The number of carbonyl (C=O) groups is 3. The zero-order valence-corrected chi connectivity index (χ0v) is 16.0. The molecule has 1 aliphatic rings. The summed E-state index contributed by atoms with van der Waals surface area (Å²) in [6, 6.07) is 6.85. The molecule has 0 radical (unpaired) electrons. The maximum atomic E-state index is 12.2. The van der Waals surface area contributed by atoms with Crippen molar-refractivity contribution in [2.24, 2.45) is 5.92 Å². The summed E-state index contributed by atoms with van der Waals surface area (Å²) in [5.41, 5.74) is 1.31. The molecule has 1 fully saturated rings. The van der Waals surface area contributed by atoms with E-state index in [1.165, 1.54) is 11.8 Å². The molecule has 1 saturated heterocycles. The fourth-order valence-electron chi connectivity index (χ4n) is 2.42. The Kier molecular flexibility index (Phi) is 7.84. The molecule has 0 saturated carbocycles. The molecule has 25 heavy (non-hydrogen) atoms. The maximum Gasteiger partial charge on any atom is 0.338 e. The van der Waals surface area contributed by atoms with Crippen LogP contribution in [0.1, 0.15) is 36.2 Å². The van der Waals surface area contributed by atoms with Crippen LogP contribution in [0, 0.1) is 5.92 Å². The van der Waals surface area contributed by atoms with Crippen LogP contribution in [0.2, 0.25) is 0 Å². The Morgan fingerprint density at radius 1 is 1.20 bits per heavy atom. The highest BCUT2D eigenvalue weighted by Crippen LogP contribution is 2.34. The van der Waals surface area contributed by atoms with Crippen molar-refractivity contribution in [2.45, 2.75) is 32.1 Å². The van der Waals surface area contributed by atoms with Gasteiger partial charge in [-0.1, -0.05) is 23.9 Å². The van der Waals surface area contributed by atoms with Gasteiger partial charge in [0.2, 0.25) is 0 Å². The molecule has 0 spiro atoms. The van der Waals surface area contributed by atoms with Gasteiger partial charge in [-0.15, -0.1) is 0 Å². The van der Waals surface area contributed by atoms with E-state index in [9.17, 15) is 14.4 Å². The second kappa shape index (κ2) is 9.87. The average molecular weight is 383 g/mol. The first-order valence-electron chi connectivity index (χ1n) is 8.17. The van der Waals surface area contributed by atoms with Crippen LogP contribution in [-0.4, -0.2) is 40.4 Å². The van der Waals surface area contributed by atoms with Crippen molar-refractivity contribution in [1.82, 2.24) is 0 Å².